The maximum atomic E-state index is 11.4. The van der Waals surface area contributed by atoms with E-state index in [1.54, 1.807) is 7.05 Å². The fourth-order valence-corrected chi connectivity index (χ4v) is 3.74. The number of carbonyl (C=O) groups is 1. The normalized spacial score (nSPS) is 17.2. The number of fused-ring (bicyclic) bond motifs is 1. The molecule has 1 amide bonds. The molecule has 1 aliphatic heterocycles. The van der Waals surface area contributed by atoms with Crippen LogP contribution in [0.4, 0.5) is 0 Å². The van der Waals surface area contributed by atoms with Gasteiger partial charge >= 0.3 is 0 Å². The Morgan fingerprint density at radius 1 is 1.19 bits per heavy atom. The van der Waals surface area contributed by atoms with Crippen molar-refractivity contribution in [3.05, 3.63) is 35.2 Å². The number of rotatable bonds is 4. The first kappa shape index (κ1) is 14.5. The number of hydrogen-bond acceptors (Lipinski definition) is 4. The molecule has 5 heteroatoms. The van der Waals surface area contributed by atoms with E-state index < -0.39 is 0 Å². The molecule has 1 N–H and O–H groups in total. The topological polar surface area (TPSA) is 35.6 Å². The molecular weight excluding hydrogens is 282 g/mol. The van der Waals surface area contributed by atoms with Crippen LogP contribution in [-0.4, -0.2) is 55.5 Å². The summed E-state index contributed by atoms with van der Waals surface area (Å²) in [5.74, 6) is 0.104. The van der Waals surface area contributed by atoms with Crippen molar-refractivity contribution < 1.29 is 4.79 Å². The number of nitrogens with zero attached hydrogens (tertiary/aromatic N) is 2. The predicted molar refractivity (Wildman–Crippen MR) is 87.6 cm³/mol. The molecule has 0 unspecified atom stereocenters. The van der Waals surface area contributed by atoms with Gasteiger partial charge < -0.3 is 5.32 Å². The smallest absolute Gasteiger partial charge is 0.233 e. The van der Waals surface area contributed by atoms with Crippen LogP contribution < -0.4 is 5.32 Å². The number of hydrogen-bond donors (Lipinski definition) is 1. The van der Waals surface area contributed by atoms with Crippen molar-refractivity contribution in [3.8, 4) is 0 Å². The van der Waals surface area contributed by atoms with Crippen molar-refractivity contribution in [2.75, 3.05) is 39.8 Å². The Morgan fingerprint density at radius 2 is 1.90 bits per heavy atom. The van der Waals surface area contributed by atoms with Crippen LogP contribution in [0.3, 0.4) is 0 Å². The number of benzene rings is 1. The highest BCUT2D eigenvalue weighted by Crippen LogP contribution is 2.26. The maximum Gasteiger partial charge on any atom is 0.233 e. The van der Waals surface area contributed by atoms with Crippen molar-refractivity contribution in [1.82, 2.24) is 15.1 Å². The van der Waals surface area contributed by atoms with Gasteiger partial charge in [-0.15, -0.1) is 11.3 Å². The summed E-state index contributed by atoms with van der Waals surface area (Å²) in [6.07, 6.45) is 0. The molecule has 0 atom stereocenters. The fraction of sp³-hybridized carbons (Fsp3) is 0.438. The quantitative estimate of drug-likeness (QED) is 0.935. The molecule has 1 aromatic heterocycles. The monoisotopic (exact) mass is 303 g/mol. The lowest BCUT2D eigenvalue weighted by atomic mass is 10.1. The third kappa shape index (κ3) is 3.43. The highest BCUT2D eigenvalue weighted by atomic mass is 32.1. The van der Waals surface area contributed by atoms with Crippen LogP contribution in [0.1, 0.15) is 5.56 Å². The first-order valence-electron chi connectivity index (χ1n) is 7.36. The largest absolute Gasteiger partial charge is 0.358 e. The van der Waals surface area contributed by atoms with E-state index in [9.17, 15) is 4.79 Å². The lowest BCUT2D eigenvalue weighted by Gasteiger charge is -2.34. The molecule has 112 valence electrons. The van der Waals surface area contributed by atoms with Gasteiger partial charge in [-0.25, -0.2) is 0 Å². The fourth-order valence-electron chi connectivity index (χ4n) is 2.78. The Hall–Kier alpha value is -1.43. The van der Waals surface area contributed by atoms with Gasteiger partial charge in [0.15, 0.2) is 0 Å². The van der Waals surface area contributed by atoms with Gasteiger partial charge in [-0.1, -0.05) is 18.2 Å². The summed E-state index contributed by atoms with van der Waals surface area (Å²) < 4.78 is 1.37. The van der Waals surface area contributed by atoms with E-state index in [4.69, 9.17) is 0 Å². The molecule has 21 heavy (non-hydrogen) atoms. The van der Waals surface area contributed by atoms with Crippen molar-refractivity contribution in [1.29, 1.82) is 0 Å². The molecule has 1 saturated heterocycles. The molecule has 0 radical (unpaired) electrons. The van der Waals surface area contributed by atoms with Crippen molar-refractivity contribution >= 4 is 27.3 Å². The molecule has 0 aliphatic carbocycles. The number of amides is 1. The van der Waals surface area contributed by atoms with E-state index in [0.29, 0.717) is 6.54 Å². The Morgan fingerprint density at radius 3 is 2.67 bits per heavy atom. The van der Waals surface area contributed by atoms with Crippen molar-refractivity contribution in [3.63, 3.8) is 0 Å². The zero-order valence-electron chi connectivity index (χ0n) is 12.3. The summed E-state index contributed by atoms with van der Waals surface area (Å²) in [6, 6.07) is 8.60. The summed E-state index contributed by atoms with van der Waals surface area (Å²) in [5, 5.41) is 6.35. The standard InChI is InChI=1S/C16H21N3OS/c1-17-16(20)11-19-8-6-18(7-9-19)10-13-12-21-15-5-3-2-4-14(13)15/h2-5,12H,6-11H2,1H3,(H,17,20). The van der Waals surface area contributed by atoms with E-state index in [1.807, 2.05) is 11.3 Å². The van der Waals surface area contributed by atoms with E-state index in [2.05, 4.69) is 44.8 Å². The molecule has 3 rings (SSSR count). The number of nitrogens with one attached hydrogen (secondary N) is 1. The Kier molecular flexibility index (Phi) is 4.53. The summed E-state index contributed by atoms with van der Waals surface area (Å²) in [7, 11) is 1.69. The van der Waals surface area contributed by atoms with Crippen LogP contribution in [0.25, 0.3) is 10.1 Å². The molecule has 0 saturated carbocycles. The van der Waals surface area contributed by atoms with Crippen molar-refractivity contribution in [2.24, 2.45) is 0 Å². The molecule has 2 aromatic rings. The van der Waals surface area contributed by atoms with Crippen LogP contribution >= 0.6 is 11.3 Å². The first-order valence-corrected chi connectivity index (χ1v) is 8.24. The number of carbonyl (C=O) groups excluding carboxylic acids is 1. The summed E-state index contributed by atoms with van der Waals surface area (Å²) >= 11 is 1.82. The van der Waals surface area contributed by atoms with Gasteiger partial charge in [0, 0.05) is 44.5 Å². The van der Waals surface area contributed by atoms with Gasteiger partial charge in [0.2, 0.25) is 5.91 Å². The minimum atomic E-state index is 0.104. The lowest BCUT2D eigenvalue weighted by molar-refractivity contribution is -0.122. The summed E-state index contributed by atoms with van der Waals surface area (Å²) in [6.45, 7) is 5.52. The minimum Gasteiger partial charge on any atom is -0.358 e. The van der Waals surface area contributed by atoms with Crippen molar-refractivity contribution in [2.45, 2.75) is 6.54 Å². The van der Waals surface area contributed by atoms with Crippen LogP contribution in [0.15, 0.2) is 29.6 Å². The Balaban J connectivity index is 1.57. The molecule has 1 aromatic carbocycles. The molecule has 4 nitrogen and oxygen atoms in total. The molecule has 1 fully saturated rings. The zero-order valence-corrected chi connectivity index (χ0v) is 13.2. The number of piperazine rings is 1. The SMILES string of the molecule is CNC(=O)CN1CCN(Cc2csc3ccccc23)CC1. The summed E-state index contributed by atoms with van der Waals surface area (Å²) in [4.78, 5) is 16.1. The highest BCUT2D eigenvalue weighted by Gasteiger charge is 2.19. The van der Waals surface area contributed by atoms with E-state index >= 15 is 0 Å². The average molecular weight is 303 g/mol. The van der Waals surface area contributed by atoms with Crippen LogP contribution in [0, 0.1) is 0 Å². The third-order valence-electron chi connectivity index (χ3n) is 4.07. The van der Waals surface area contributed by atoms with Gasteiger partial charge in [0.25, 0.3) is 0 Å². The minimum absolute atomic E-state index is 0.104. The first-order chi connectivity index (χ1) is 10.3. The second kappa shape index (κ2) is 6.56. The van der Waals surface area contributed by atoms with E-state index in [-0.39, 0.29) is 5.91 Å². The number of likely N-dealkylation sites (N-methyl/N-ethyl adjacent to an activating group) is 1. The van der Waals surface area contributed by atoms with E-state index in [0.717, 1.165) is 32.7 Å². The summed E-state index contributed by atoms with van der Waals surface area (Å²) in [5.41, 5.74) is 1.43. The third-order valence-corrected chi connectivity index (χ3v) is 5.08. The van der Waals surface area contributed by atoms with Crippen LogP contribution in [-0.2, 0) is 11.3 Å². The molecular formula is C16H21N3OS. The second-order valence-electron chi connectivity index (χ2n) is 5.48. The highest BCUT2D eigenvalue weighted by molar-refractivity contribution is 7.17. The van der Waals surface area contributed by atoms with Gasteiger partial charge in [0.05, 0.1) is 6.54 Å². The van der Waals surface area contributed by atoms with Gasteiger partial charge in [0.1, 0.15) is 0 Å². The Bertz CT molecular complexity index is 617. The Labute approximate surface area is 129 Å². The van der Waals surface area contributed by atoms with E-state index in [1.165, 1.54) is 15.6 Å². The van der Waals surface area contributed by atoms with Gasteiger partial charge in [-0.3, -0.25) is 14.6 Å². The number of thiophene rings is 1. The van der Waals surface area contributed by atoms with Crippen LogP contribution in [0.2, 0.25) is 0 Å². The molecule has 2 heterocycles. The van der Waals surface area contributed by atoms with Gasteiger partial charge in [-0.2, -0.15) is 0 Å². The molecule has 1 aliphatic rings. The average Bonchev–Trinajstić information content (AvgIpc) is 2.92. The predicted octanol–water partition coefficient (Wildman–Crippen LogP) is 1.76. The zero-order chi connectivity index (χ0) is 14.7. The lowest BCUT2D eigenvalue weighted by Crippen LogP contribution is -2.48. The molecule has 0 spiro atoms. The van der Waals surface area contributed by atoms with Crippen LogP contribution in [0.5, 0.6) is 0 Å². The molecule has 0 bridgehead atoms. The maximum absolute atomic E-state index is 11.4. The second-order valence-corrected chi connectivity index (χ2v) is 6.39. The van der Waals surface area contributed by atoms with Gasteiger partial charge in [-0.05, 0) is 22.4 Å².